The van der Waals surface area contributed by atoms with E-state index in [2.05, 4.69) is 9.97 Å². The summed E-state index contributed by atoms with van der Waals surface area (Å²) in [5, 5.41) is 1.09. The highest BCUT2D eigenvalue weighted by atomic mass is 32.2. The minimum Gasteiger partial charge on any atom is -0.380 e. The van der Waals surface area contributed by atoms with E-state index in [9.17, 15) is 9.00 Å². The predicted molar refractivity (Wildman–Crippen MR) is 77.6 cm³/mol. The third kappa shape index (κ3) is 1.80. The fourth-order valence-electron chi connectivity index (χ4n) is 3.41. The van der Waals surface area contributed by atoms with Crippen LogP contribution < -0.4 is 5.56 Å². The van der Waals surface area contributed by atoms with Crippen LogP contribution >= 0.6 is 0 Å². The molecule has 6 nitrogen and oxygen atoms in total. The summed E-state index contributed by atoms with van der Waals surface area (Å²) in [6.45, 7) is 0.261. The van der Waals surface area contributed by atoms with Gasteiger partial charge in [-0.2, -0.15) is 0 Å². The monoisotopic (exact) mass is 305 g/mol. The average Bonchev–Trinajstić information content (AvgIpc) is 2.93. The van der Waals surface area contributed by atoms with E-state index < -0.39 is 10.8 Å². The number of hydrogen-bond acceptors (Lipinski definition) is 5. The largest absolute Gasteiger partial charge is 0.380 e. The fourth-order valence-corrected chi connectivity index (χ4v) is 4.94. The molecule has 1 aliphatic heterocycles. The Bertz CT molecular complexity index is 817. The van der Waals surface area contributed by atoms with E-state index in [1.54, 1.807) is 23.9 Å². The van der Waals surface area contributed by atoms with Gasteiger partial charge in [-0.25, -0.2) is 9.97 Å². The molecule has 0 amide bonds. The van der Waals surface area contributed by atoms with Crippen LogP contribution in [-0.4, -0.2) is 31.1 Å². The van der Waals surface area contributed by atoms with Crippen molar-refractivity contribution in [3.05, 3.63) is 28.2 Å². The third-order valence-electron chi connectivity index (χ3n) is 4.33. The smallest absolute Gasteiger partial charge is 0.258 e. The first-order valence-electron chi connectivity index (χ1n) is 7.01. The molecule has 1 saturated carbocycles. The fraction of sp³-hybridized carbons (Fsp3) is 0.500. The van der Waals surface area contributed by atoms with Crippen molar-refractivity contribution in [1.82, 2.24) is 14.5 Å². The molecular formula is C14H15N3O3S. The summed E-state index contributed by atoms with van der Waals surface area (Å²) in [5.74, 6) is 0. The first-order chi connectivity index (χ1) is 10.2. The number of rotatable bonds is 2. The van der Waals surface area contributed by atoms with Gasteiger partial charge < -0.3 is 4.74 Å². The SMILES string of the molecule is COCc1cc2cnc3nc2n(c1=O)C1CCCC1S3=O. The van der Waals surface area contributed by atoms with Crippen molar-refractivity contribution < 1.29 is 8.95 Å². The van der Waals surface area contributed by atoms with Crippen LogP contribution in [0.4, 0.5) is 0 Å². The molecule has 0 aromatic carbocycles. The van der Waals surface area contributed by atoms with Crippen molar-refractivity contribution >= 4 is 21.8 Å². The van der Waals surface area contributed by atoms with Crippen LogP contribution in [0, 0.1) is 0 Å². The zero-order valence-electron chi connectivity index (χ0n) is 11.6. The molecule has 0 N–H and O–H groups in total. The maximum absolute atomic E-state index is 12.8. The van der Waals surface area contributed by atoms with E-state index >= 15 is 0 Å². The van der Waals surface area contributed by atoms with Gasteiger partial charge in [0.2, 0.25) is 5.16 Å². The Morgan fingerprint density at radius 2 is 2.33 bits per heavy atom. The van der Waals surface area contributed by atoms with E-state index in [1.807, 2.05) is 0 Å². The van der Waals surface area contributed by atoms with E-state index in [4.69, 9.17) is 4.74 Å². The van der Waals surface area contributed by atoms with Gasteiger partial charge in [0, 0.05) is 24.3 Å². The Kier molecular flexibility index (Phi) is 2.93. The molecule has 1 aliphatic carbocycles. The second kappa shape index (κ2) is 4.71. The summed E-state index contributed by atoms with van der Waals surface area (Å²) in [5.41, 5.74) is 1.12. The second-order valence-corrected chi connectivity index (χ2v) is 7.11. The van der Waals surface area contributed by atoms with Crippen molar-refractivity contribution in [2.24, 2.45) is 0 Å². The van der Waals surface area contributed by atoms with Gasteiger partial charge in [0.25, 0.3) is 5.56 Å². The summed E-state index contributed by atoms with van der Waals surface area (Å²) >= 11 is 0. The number of ether oxygens (including phenoxy) is 1. The Morgan fingerprint density at radius 1 is 1.48 bits per heavy atom. The zero-order valence-corrected chi connectivity index (χ0v) is 12.4. The molecule has 2 aromatic heterocycles. The highest BCUT2D eigenvalue weighted by Crippen LogP contribution is 2.38. The molecule has 21 heavy (non-hydrogen) atoms. The van der Waals surface area contributed by atoms with Crippen LogP contribution in [0.2, 0.25) is 0 Å². The van der Waals surface area contributed by atoms with Gasteiger partial charge in [0.15, 0.2) is 0 Å². The normalized spacial score (nSPS) is 27.0. The topological polar surface area (TPSA) is 74.1 Å². The van der Waals surface area contributed by atoms with Gasteiger partial charge in [-0.05, 0) is 18.9 Å². The molecule has 2 bridgehead atoms. The first-order valence-corrected chi connectivity index (χ1v) is 8.22. The van der Waals surface area contributed by atoms with Crippen LogP contribution in [0.1, 0.15) is 30.9 Å². The second-order valence-electron chi connectivity index (χ2n) is 5.54. The van der Waals surface area contributed by atoms with Gasteiger partial charge in [-0.15, -0.1) is 0 Å². The molecule has 2 aromatic rings. The Morgan fingerprint density at radius 3 is 3.14 bits per heavy atom. The summed E-state index contributed by atoms with van der Waals surface area (Å²) < 4.78 is 19.5. The van der Waals surface area contributed by atoms with Crippen molar-refractivity contribution in [3.63, 3.8) is 0 Å². The molecule has 3 unspecified atom stereocenters. The average molecular weight is 305 g/mol. The summed E-state index contributed by atoms with van der Waals surface area (Å²) in [4.78, 5) is 21.4. The van der Waals surface area contributed by atoms with Crippen LogP contribution in [0.15, 0.2) is 22.2 Å². The minimum absolute atomic E-state index is 0.0492. The van der Waals surface area contributed by atoms with E-state index in [0.717, 1.165) is 24.6 Å². The number of fused-ring (bicyclic) bond motifs is 3. The molecule has 7 heteroatoms. The van der Waals surface area contributed by atoms with Crippen molar-refractivity contribution in [2.45, 2.75) is 42.3 Å². The van der Waals surface area contributed by atoms with E-state index in [-0.39, 0.29) is 23.5 Å². The number of methoxy groups -OCH3 is 1. The summed E-state index contributed by atoms with van der Waals surface area (Å²) in [6, 6.07) is 1.73. The molecule has 3 atom stereocenters. The molecular weight excluding hydrogens is 290 g/mol. The third-order valence-corrected chi connectivity index (χ3v) is 5.99. The Balaban J connectivity index is 2.08. The van der Waals surface area contributed by atoms with Gasteiger partial charge in [-0.3, -0.25) is 13.6 Å². The number of aromatic nitrogens is 3. The van der Waals surface area contributed by atoms with Crippen molar-refractivity contribution in [3.8, 4) is 0 Å². The molecule has 0 radical (unpaired) electrons. The van der Waals surface area contributed by atoms with Crippen LogP contribution in [0.25, 0.3) is 11.0 Å². The number of pyridine rings is 1. The molecule has 0 saturated heterocycles. The van der Waals surface area contributed by atoms with E-state index in [1.165, 1.54) is 0 Å². The minimum atomic E-state index is -1.24. The number of nitrogens with zero attached hydrogens (tertiary/aromatic N) is 3. The maximum atomic E-state index is 12.8. The Labute approximate surface area is 123 Å². The molecule has 4 rings (SSSR count). The van der Waals surface area contributed by atoms with Gasteiger partial charge in [-0.1, -0.05) is 6.42 Å². The van der Waals surface area contributed by atoms with Crippen LogP contribution in [0.5, 0.6) is 0 Å². The highest BCUT2D eigenvalue weighted by molar-refractivity contribution is 7.85. The molecule has 0 spiro atoms. The molecule has 2 aliphatic rings. The Hall–Kier alpha value is -1.60. The van der Waals surface area contributed by atoms with Gasteiger partial charge >= 0.3 is 0 Å². The lowest BCUT2D eigenvalue weighted by molar-refractivity contribution is 0.183. The van der Waals surface area contributed by atoms with E-state index in [0.29, 0.717) is 16.4 Å². The maximum Gasteiger partial charge on any atom is 0.258 e. The predicted octanol–water partition coefficient (Wildman–Crippen LogP) is 1.15. The quantitative estimate of drug-likeness (QED) is 0.778. The van der Waals surface area contributed by atoms with Gasteiger partial charge in [0.05, 0.1) is 28.7 Å². The molecule has 3 heterocycles. The first kappa shape index (κ1) is 13.1. The lowest BCUT2D eigenvalue weighted by atomic mass is 10.1. The van der Waals surface area contributed by atoms with Crippen LogP contribution in [0.3, 0.4) is 0 Å². The lowest BCUT2D eigenvalue weighted by Gasteiger charge is -2.19. The van der Waals surface area contributed by atoms with Crippen molar-refractivity contribution in [1.29, 1.82) is 0 Å². The lowest BCUT2D eigenvalue weighted by Crippen LogP contribution is -2.32. The number of hydrogen-bond donors (Lipinski definition) is 0. The van der Waals surface area contributed by atoms with Gasteiger partial charge in [0.1, 0.15) is 5.65 Å². The standard InChI is InChI=1S/C14H15N3O3S/c1-20-7-9-5-8-6-15-14-16-12(8)17(13(9)18)10-3-2-4-11(10)21(14)19/h5-6,10-11H,2-4,7H2,1H3. The highest BCUT2D eigenvalue weighted by Gasteiger charge is 2.39. The van der Waals surface area contributed by atoms with Crippen molar-refractivity contribution in [2.75, 3.05) is 7.11 Å². The summed E-state index contributed by atoms with van der Waals surface area (Å²) in [6.07, 6.45) is 4.35. The summed E-state index contributed by atoms with van der Waals surface area (Å²) in [7, 11) is 0.329. The van der Waals surface area contributed by atoms with Crippen LogP contribution in [-0.2, 0) is 22.1 Å². The molecule has 110 valence electrons. The zero-order chi connectivity index (χ0) is 14.6. The molecule has 1 fully saturated rings.